The van der Waals surface area contributed by atoms with Crippen LogP contribution >= 0.6 is 0 Å². The predicted octanol–water partition coefficient (Wildman–Crippen LogP) is 1.01. The van der Waals surface area contributed by atoms with E-state index in [2.05, 4.69) is 17.1 Å². The van der Waals surface area contributed by atoms with Gasteiger partial charge >= 0.3 is 0 Å². The standard InChI is InChI=1S/C13H20N2O/c1-11-9-15(8-7-14-11)10-13(16)12-5-3-2-4-6-12/h2-6,11,13-14,16H,7-10H2,1H3/t11-,13?/m0/s1. The number of hydrogen-bond donors (Lipinski definition) is 2. The van der Waals surface area contributed by atoms with E-state index in [1.807, 2.05) is 30.3 Å². The van der Waals surface area contributed by atoms with Crippen molar-refractivity contribution in [2.24, 2.45) is 0 Å². The summed E-state index contributed by atoms with van der Waals surface area (Å²) in [5, 5.41) is 13.5. The number of β-amino-alcohol motifs (C(OH)–C–C–N with tert-alkyl or cyclic N) is 1. The maximum atomic E-state index is 10.1. The summed E-state index contributed by atoms with van der Waals surface area (Å²) in [7, 11) is 0. The van der Waals surface area contributed by atoms with Crippen LogP contribution < -0.4 is 5.32 Å². The minimum atomic E-state index is -0.369. The Morgan fingerprint density at radius 2 is 2.19 bits per heavy atom. The summed E-state index contributed by atoms with van der Waals surface area (Å²) in [6.07, 6.45) is -0.369. The molecular formula is C13H20N2O. The second kappa shape index (κ2) is 5.43. The van der Waals surface area contributed by atoms with Crippen molar-refractivity contribution in [3.05, 3.63) is 35.9 Å². The van der Waals surface area contributed by atoms with Crippen molar-refractivity contribution in [1.29, 1.82) is 0 Å². The first kappa shape index (κ1) is 11.6. The van der Waals surface area contributed by atoms with E-state index in [0.717, 1.165) is 31.7 Å². The van der Waals surface area contributed by atoms with Gasteiger partial charge < -0.3 is 10.4 Å². The highest BCUT2D eigenvalue weighted by Gasteiger charge is 2.18. The van der Waals surface area contributed by atoms with Gasteiger partial charge in [-0.05, 0) is 12.5 Å². The molecule has 88 valence electrons. The lowest BCUT2D eigenvalue weighted by atomic mass is 10.1. The number of piperazine rings is 1. The van der Waals surface area contributed by atoms with Crippen LogP contribution in [0, 0.1) is 0 Å². The van der Waals surface area contributed by atoms with Crippen molar-refractivity contribution >= 4 is 0 Å². The van der Waals surface area contributed by atoms with Crippen molar-refractivity contribution in [1.82, 2.24) is 10.2 Å². The topological polar surface area (TPSA) is 35.5 Å². The van der Waals surface area contributed by atoms with Gasteiger partial charge in [0, 0.05) is 32.2 Å². The second-order valence-electron chi connectivity index (χ2n) is 4.54. The zero-order valence-corrected chi connectivity index (χ0v) is 9.76. The Morgan fingerprint density at radius 3 is 2.88 bits per heavy atom. The summed E-state index contributed by atoms with van der Waals surface area (Å²) in [5.41, 5.74) is 1.01. The van der Waals surface area contributed by atoms with Crippen molar-refractivity contribution < 1.29 is 5.11 Å². The largest absolute Gasteiger partial charge is 0.387 e. The smallest absolute Gasteiger partial charge is 0.0916 e. The molecule has 0 bridgehead atoms. The molecule has 0 amide bonds. The van der Waals surface area contributed by atoms with Gasteiger partial charge in [0.2, 0.25) is 0 Å². The number of nitrogens with zero attached hydrogens (tertiary/aromatic N) is 1. The van der Waals surface area contributed by atoms with E-state index in [1.165, 1.54) is 0 Å². The SMILES string of the molecule is C[C@H]1CN(CC(O)c2ccccc2)CCN1. The summed E-state index contributed by atoms with van der Waals surface area (Å²) >= 11 is 0. The molecule has 0 spiro atoms. The van der Waals surface area contributed by atoms with Crippen LogP contribution in [0.3, 0.4) is 0 Å². The number of rotatable bonds is 3. The summed E-state index contributed by atoms with van der Waals surface area (Å²) in [4.78, 5) is 2.32. The van der Waals surface area contributed by atoms with Crippen molar-refractivity contribution in [2.45, 2.75) is 19.1 Å². The Kier molecular flexibility index (Phi) is 3.93. The molecule has 1 aliphatic rings. The lowest BCUT2D eigenvalue weighted by Crippen LogP contribution is -2.50. The lowest BCUT2D eigenvalue weighted by molar-refractivity contribution is 0.0962. The minimum Gasteiger partial charge on any atom is -0.387 e. The second-order valence-corrected chi connectivity index (χ2v) is 4.54. The molecule has 1 fully saturated rings. The maximum absolute atomic E-state index is 10.1. The Bertz CT molecular complexity index is 315. The van der Waals surface area contributed by atoms with Crippen molar-refractivity contribution in [2.75, 3.05) is 26.2 Å². The third kappa shape index (κ3) is 3.04. The van der Waals surface area contributed by atoms with E-state index in [0.29, 0.717) is 6.04 Å². The fraction of sp³-hybridized carbons (Fsp3) is 0.538. The molecule has 2 rings (SSSR count). The molecule has 0 aliphatic carbocycles. The number of aliphatic hydroxyl groups excluding tert-OH is 1. The molecule has 2 N–H and O–H groups in total. The van der Waals surface area contributed by atoms with Crippen molar-refractivity contribution in [3.8, 4) is 0 Å². The molecule has 0 radical (unpaired) electrons. The monoisotopic (exact) mass is 220 g/mol. The molecule has 1 saturated heterocycles. The first-order valence-electron chi connectivity index (χ1n) is 5.94. The van der Waals surface area contributed by atoms with Gasteiger partial charge in [-0.25, -0.2) is 0 Å². The Hall–Kier alpha value is -0.900. The van der Waals surface area contributed by atoms with Crippen LogP contribution in [0.15, 0.2) is 30.3 Å². The van der Waals surface area contributed by atoms with Gasteiger partial charge in [0.15, 0.2) is 0 Å². The highest BCUT2D eigenvalue weighted by atomic mass is 16.3. The van der Waals surface area contributed by atoms with Gasteiger partial charge in [0.25, 0.3) is 0 Å². The summed E-state index contributed by atoms with van der Waals surface area (Å²) in [6.45, 7) is 5.97. The van der Waals surface area contributed by atoms with E-state index in [9.17, 15) is 5.11 Å². The number of benzene rings is 1. The van der Waals surface area contributed by atoms with Crippen LogP contribution in [0.25, 0.3) is 0 Å². The van der Waals surface area contributed by atoms with Crippen LogP contribution in [0.5, 0.6) is 0 Å². The van der Waals surface area contributed by atoms with Crippen LogP contribution in [0.1, 0.15) is 18.6 Å². The normalized spacial score (nSPS) is 24.2. The molecule has 2 atom stereocenters. The molecule has 0 saturated carbocycles. The number of aliphatic hydroxyl groups is 1. The van der Waals surface area contributed by atoms with Gasteiger partial charge in [0.05, 0.1) is 6.10 Å². The zero-order valence-electron chi connectivity index (χ0n) is 9.76. The van der Waals surface area contributed by atoms with E-state index < -0.39 is 0 Å². The maximum Gasteiger partial charge on any atom is 0.0916 e. The van der Waals surface area contributed by atoms with Crippen LogP contribution in [0.2, 0.25) is 0 Å². The van der Waals surface area contributed by atoms with Gasteiger partial charge in [-0.3, -0.25) is 4.90 Å². The first-order valence-corrected chi connectivity index (χ1v) is 5.94. The van der Waals surface area contributed by atoms with Crippen LogP contribution in [-0.4, -0.2) is 42.2 Å². The predicted molar refractivity (Wildman–Crippen MR) is 65.3 cm³/mol. The van der Waals surface area contributed by atoms with E-state index >= 15 is 0 Å². The van der Waals surface area contributed by atoms with Crippen LogP contribution in [-0.2, 0) is 0 Å². The fourth-order valence-corrected chi connectivity index (χ4v) is 2.20. The average Bonchev–Trinajstić information content (AvgIpc) is 2.30. The molecule has 1 heterocycles. The molecule has 1 aromatic rings. The Balaban J connectivity index is 1.89. The Labute approximate surface area is 97.1 Å². The lowest BCUT2D eigenvalue weighted by Gasteiger charge is -2.33. The summed E-state index contributed by atoms with van der Waals surface area (Å²) in [5.74, 6) is 0. The minimum absolute atomic E-state index is 0.369. The van der Waals surface area contributed by atoms with Gasteiger partial charge in [-0.1, -0.05) is 30.3 Å². The molecule has 0 aromatic heterocycles. The van der Waals surface area contributed by atoms with Crippen molar-refractivity contribution in [3.63, 3.8) is 0 Å². The van der Waals surface area contributed by atoms with Gasteiger partial charge in [-0.15, -0.1) is 0 Å². The zero-order chi connectivity index (χ0) is 11.4. The fourth-order valence-electron chi connectivity index (χ4n) is 2.20. The van der Waals surface area contributed by atoms with Gasteiger partial charge in [-0.2, -0.15) is 0 Å². The molecule has 1 unspecified atom stereocenters. The van der Waals surface area contributed by atoms with Crippen LogP contribution in [0.4, 0.5) is 0 Å². The third-order valence-corrected chi connectivity index (χ3v) is 3.07. The summed E-state index contributed by atoms with van der Waals surface area (Å²) < 4.78 is 0. The molecule has 3 nitrogen and oxygen atoms in total. The molecule has 1 aliphatic heterocycles. The quantitative estimate of drug-likeness (QED) is 0.798. The molecule has 1 aromatic carbocycles. The first-order chi connectivity index (χ1) is 7.75. The number of nitrogens with one attached hydrogen (secondary N) is 1. The Morgan fingerprint density at radius 1 is 1.44 bits per heavy atom. The third-order valence-electron chi connectivity index (χ3n) is 3.07. The molecular weight excluding hydrogens is 200 g/mol. The highest BCUT2D eigenvalue weighted by molar-refractivity contribution is 5.17. The molecule has 3 heteroatoms. The van der Waals surface area contributed by atoms with Gasteiger partial charge in [0.1, 0.15) is 0 Å². The average molecular weight is 220 g/mol. The summed E-state index contributed by atoms with van der Waals surface area (Å²) in [6, 6.07) is 10.4. The number of hydrogen-bond acceptors (Lipinski definition) is 3. The molecule has 16 heavy (non-hydrogen) atoms. The van der Waals surface area contributed by atoms with E-state index in [1.54, 1.807) is 0 Å². The van der Waals surface area contributed by atoms with E-state index in [4.69, 9.17) is 0 Å². The highest BCUT2D eigenvalue weighted by Crippen LogP contribution is 2.14. The van der Waals surface area contributed by atoms with E-state index in [-0.39, 0.29) is 6.10 Å².